The van der Waals surface area contributed by atoms with Gasteiger partial charge in [-0.15, -0.1) is 0 Å². The third kappa shape index (κ3) is 3.78. The van der Waals surface area contributed by atoms with Crippen LogP contribution in [0.25, 0.3) is 5.76 Å². The Kier molecular flexibility index (Phi) is 4.52. The molecule has 108 valence electrons. The van der Waals surface area contributed by atoms with Crippen LogP contribution in [0, 0.1) is 11.6 Å². The fraction of sp³-hybridized carbons (Fsp3) is 0. The zero-order valence-corrected chi connectivity index (χ0v) is 10.6. The second-order valence-electron chi connectivity index (χ2n) is 4.08. The first-order chi connectivity index (χ1) is 9.97. The van der Waals surface area contributed by atoms with Gasteiger partial charge in [0.15, 0.2) is 11.6 Å². The summed E-state index contributed by atoms with van der Waals surface area (Å²) in [4.78, 5) is 0. The van der Waals surface area contributed by atoms with Crippen molar-refractivity contribution in [1.29, 1.82) is 0 Å². The normalized spacial score (nSPS) is 13.7. The molecule has 1 aliphatic rings. The van der Waals surface area contributed by atoms with Gasteiger partial charge in [0.05, 0.1) is 5.56 Å². The summed E-state index contributed by atoms with van der Waals surface area (Å²) in [7, 11) is -3.30. The molecule has 7 heteroatoms. The first-order valence-electron chi connectivity index (χ1n) is 5.87. The van der Waals surface area contributed by atoms with E-state index >= 15 is 0 Å². The first kappa shape index (κ1) is 15.0. The summed E-state index contributed by atoms with van der Waals surface area (Å²) in [6, 6.07) is 1.11. The molecule has 0 heterocycles. The van der Waals surface area contributed by atoms with E-state index < -0.39 is 36.2 Å². The van der Waals surface area contributed by atoms with Crippen molar-refractivity contribution in [3.05, 3.63) is 71.4 Å². The third-order valence-electron chi connectivity index (χ3n) is 2.61. The van der Waals surface area contributed by atoms with E-state index in [1.165, 1.54) is 6.08 Å². The highest BCUT2D eigenvalue weighted by atomic mass is 19.2. The Morgan fingerprint density at radius 1 is 1.14 bits per heavy atom. The number of halogens is 4. The van der Waals surface area contributed by atoms with E-state index in [2.05, 4.69) is 4.65 Å². The summed E-state index contributed by atoms with van der Waals surface area (Å²) in [5.74, 6) is -3.84. The van der Waals surface area contributed by atoms with Gasteiger partial charge in [0.2, 0.25) is 0 Å². The Labute approximate surface area is 118 Å². The van der Waals surface area contributed by atoms with Gasteiger partial charge in [-0.1, -0.05) is 30.4 Å². The van der Waals surface area contributed by atoms with Crippen LogP contribution in [0.5, 0.6) is 5.75 Å². The second-order valence-corrected chi connectivity index (χ2v) is 4.08. The zero-order valence-electron chi connectivity index (χ0n) is 10.6. The molecule has 0 atom stereocenters. The van der Waals surface area contributed by atoms with Crippen LogP contribution in [-0.4, -0.2) is 12.6 Å². The molecule has 1 aliphatic carbocycles. The fourth-order valence-corrected chi connectivity index (χ4v) is 1.72. The highest BCUT2D eigenvalue weighted by molar-refractivity contribution is 6.35. The lowest BCUT2D eigenvalue weighted by Crippen LogP contribution is -2.11. The number of allylic oxidation sites excluding steroid dienone is 7. The number of benzene rings is 1. The number of aliphatic hydroxyl groups excluding tert-OH is 1. The summed E-state index contributed by atoms with van der Waals surface area (Å²) in [5.41, 5.74) is 0.241. The molecule has 0 amide bonds. The van der Waals surface area contributed by atoms with Crippen LogP contribution in [0.1, 0.15) is 5.56 Å². The predicted octanol–water partition coefficient (Wildman–Crippen LogP) is 4.22. The Morgan fingerprint density at radius 3 is 2.43 bits per heavy atom. The van der Waals surface area contributed by atoms with E-state index in [0.29, 0.717) is 12.1 Å². The maximum absolute atomic E-state index is 13.5. The molecule has 2 rings (SSSR count). The second kappa shape index (κ2) is 6.34. The van der Waals surface area contributed by atoms with Crippen molar-refractivity contribution in [2.45, 2.75) is 0 Å². The standard InChI is InChI=1S/C14H9BF4O2/c16-10-7-11(14(12(17)8-10)21-15(18)19)13(20)6-5-9-3-1-2-4-9/h1-8,20H/b13-6-. The minimum atomic E-state index is -3.30. The van der Waals surface area contributed by atoms with Crippen LogP contribution < -0.4 is 4.65 Å². The Hall–Kier alpha value is -2.44. The predicted molar refractivity (Wildman–Crippen MR) is 71.9 cm³/mol. The maximum Gasteiger partial charge on any atom is 0.796 e. The van der Waals surface area contributed by atoms with Gasteiger partial charge in [-0.3, -0.25) is 0 Å². The molecule has 0 unspecified atom stereocenters. The third-order valence-corrected chi connectivity index (χ3v) is 2.61. The van der Waals surface area contributed by atoms with E-state index in [9.17, 15) is 22.5 Å². The first-order valence-corrected chi connectivity index (χ1v) is 5.87. The average molecular weight is 296 g/mol. The van der Waals surface area contributed by atoms with Gasteiger partial charge in [-0.2, -0.15) is 0 Å². The fourth-order valence-electron chi connectivity index (χ4n) is 1.72. The van der Waals surface area contributed by atoms with Crippen molar-refractivity contribution in [3.8, 4) is 5.75 Å². The van der Waals surface area contributed by atoms with Crippen LogP contribution in [0.3, 0.4) is 0 Å². The van der Waals surface area contributed by atoms with Gasteiger partial charge < -0.3 is 9.76 Å². The molecule has 0 saturated carbocycles. The molecule has 0 radical (unpaired) electrons. The van der Waals surface area contributed by atoms with E-state index in [-0.39, 0.29) is 0 Å². The van der Waals surface area contributed by atoms with Gasteiger partial charge in [0.1, 0.15) is 11.6 Å². The number of hydrogen-bond donors (Lipinski definition) is 1. The van der Waals surface area contributed by atoms with E-state index in [0.717, 1.165) is 11.6 Å². The topological polar surface area (TPSA) is 29.5 Å². The molecular weight excluding hydrogens is 287 g/mol. The Bertz CT molecular complexity index is 649. The number of hydrogen-bond acceptors (Lipinski definition) is 2. The molecule has 0 saturated heterocycles. The van der Waals surface area contributed by atoms with Crippen LogP contribution in [0.4, 0.5) is 17.4 Å². The monoisotopic (exact) mass is 296 g/mol. The molecule has 0 fully saturated rings. The smallest absolute Gasteiger partial charge is 0.507 e. The van der Waals surface area contributed by atoms with Gasteiger partial charge in [-0.05, 0) is 17.7 Å². The molecule has 0 aromatic heterocycles. The lowest BCUT2D eigenvalue weighted by molar-refractivity contribution is 0.398. The molecule has 0 aliphatic heterocycles. The SMILES string of the molecule is O/C(=C\C=C1C=CC=C1)c1cc(F)cc(F)c1OB(F)F. The van der Waals surface area contributed by atoms with Crippen LogP contribution in [-0.2, 0) is 0 Å². The van der Waals surface area contributed by atoms with E-state index in [4.69, 9.17) is 0 Å². The summed E-state index contributed by atoms with van der Waals surface area (Å²) in [6.07, 6.45) is 9.57. The van der Waals surface area contributed by atoms with Crippen molar-refractivity contribution in [2.75, 3.05) is 0 Å². The number of rotatable bonds is 4. The molecular formula is C14H9BF4O2. The lowest BCUT2D eigenvalue weighted by atomic mass is 10.1. The van der Waals surface area contributed by atoms with Crippen molar-refractivity contribution < 1.29 is 27.2 Å². The van der Waals surface area contributed by atoms with Gasteiger partial charge in [0.25, 0.3) is 0 Å². The van der Waals surface area contributed by atoms with Gasteiger partial charge >= 0.3 is 7.47 Å². The quantitative estimate of drug-likeness (QED) is 0.512. The molecule has 1 aromatic carbocycles. The zero-order chi connectivity index (χ0) is 15.4. The van der Waals surface area contributed by atoms with Crippen molar-refractivity contribution in [3.63, 3.8) is 0 Å². The molecule has 21 heavy (non-hydrogen) atoms. The van der Waals surface area contributed by atoms with Crippen LogP contribution in [0.15, 0.2) is 54.2 Å². The molecule has 2 nitrogen and oxygen atoms in total. The van der Waals surface area contributed by atoms with Gasteiger partial charge in [0, 0.05) is 6.07 Å². The van der Waals surface area contributed by atoms with Crippen molar-refractivity contribution >= 4 is 13.2 Å². The van der Waals surface area contributed by atoms with E-state index in [1.54, 1.807) is 24.3 Å². The van der Waals surface area contributed by atoms with Crippen LogP contribution in [0.2, 0.25) is 0 Å². The van der Waals surface area contributed by atoms with Crippen molar-refractivity contribution in [1.82, 2.24) is 0 Å². The molecule has 1 N–H and O–H groups in total. The largest absolute Gasteiger partial charge is 0.796 e. The van der Waals surface area contributed by atoms with Crippen LogP contribution >= 0.6 is 0 Å². The molecule has 0 bridgehead atoms. The summed E-state index contributed by atoms with van der Waals surface area (Å²) >= 11 is 0. The summed E-state index contributed by atoms with van der Waals surface area (Å²) in [5, 5.41) is 9.83. The van der Waals surface area contributed by atoms with Gasteiger partial charge in [-0.25, -0.2) is 17.4 Å². The summed E-state index contributed by atoms with van der Waals surface area (Å²) < 4.78 is 55.2. The minimum Gasteiger partial charge on any atom is -0.507 e. The maximum atomic E-state index is 13.5. The lowest BCUT2D eigenvalue weighted by Gasteiger charge is -2.10. The Balaban J connectivity index is 2.41. The Morgan fingerprint density at radius 2 is 1.81 bits per heavy atom. The number of aliphatic hydroxyl groups is 1. The average Bonchev–Trinajstić information content (AvgIpc) is 2.91. The molecule has 1 aromatic rings. The molecule has 0 spiro atoms. The minimum absolute atomic E-state index is 0.398. The highest BCUT2D eigenvalue weighted by Crippen LogP contribution is 2.30. The highest BCUT2D eigenvalue weighted by Gasteiger charge is 2.24. The van der Waals surface area contributed by atoms with E-state index in [1.807, 2.05) is 0 Å². The summed E-state index contributed by atoms with van der Waals surface area (Å²) in [6.45, 7) is 0. The van der Waals surface area contributed by atoms with Crippen molar-refractivity contribution in [2.24, 2.45) is 0 Å².